The molecule has 6 nitrogen and oxygen atoms in total. The molecule has 0 spiro atoms. The largest absolute Gasteiger partial charge is 0.320 e. The molecular formula is C19H23N5O. The Morgan fingerprint density at radius 2 is 1.76 bits per heavy atom. The molecule has 0 saturated carbocycles. The van der Waals surface area contributed by atoms with Gasteiger partial charge >= 0.3 is 0 Å². The van der Waals surface area contributed by atoms with Crippen molar-refractivity contribution in [3.05, 3.63) is 46.5 Å². The molecule has 130 valence electrons. The van der Waals surface area contributed by atoms with Crippen LogP contribution in [0.1, 0.15) is 52.9 Å². The second-order valence-corrected chi connectivity index (χ2v) is 6.73. The maximum atomic E-state index is 12.9. The van der Waals surface area contributed by atoms with Gasteiger partial charge < -0.3 is 5.32 Å². The van der Waals surface area contributed by atoms with Crippen LogP contribution in [0.4, 0.5) is 5.69 Å². The SMILES string of the molecule is Cc1cc(C)c(NC(=O)c2cc(C)nc3c2cnn3C(C)C)c(C)n1. The number of amides is 1. The summed E-state index contributed by atoms with van der Waals surface area (Å²) in [4.78, 5) is 22.0. The van der Waals surface area contributed by atoms with Crippen LogP contribution in [0.3, 0.4) is 0 Å². The minimum atomic E-state index is -0.171. The third-order valence-electron chi connectivity index (χ3n) is 4.19. The van der Waals surface area contributed by atoms with Crippen molar-refractivity contribution in [3.63, 3.8) is 0 Å². The van der Waals surface area contributed by atoms with Gasteiger partial charge in [0.25, 0.3) is 5.91 Å². The number of rotatable bonds is 3. The number of aryl methyl sites for hydroxylation is 4. The molecular weight excluding hydrogens is 314 g/mol. The van der Waals surface area contributed by atoms with Crippen LogP contribution in [-0.4, -0.2) is 25.7 Å². The summed E-state index contributed by atoms with van der Waals surface area (Å²) in [6, 6.07) is 3.94. The minimum absolute atomic E-state index is 0.171. The molecule has 25 heavy (non-hydrogen) atoms. The van der Waals surface area contributed by atoms with E-state index in [0.717, 1.165) is 39.4 Å². The molecule has 0 radical (unpaired) electrons. The van der Waals surface area contributed by atoms with E-state index in [-0.39, 0.29) is 11.9 Å². The summed E-state index contributed by atoms with van der Waals surface area (Å²) in [6.45, 7) is 11.8. The first kappa shape index (κ1) is 17.1. The Hall–Kier alpha value is -2.76. The Morgan fingerprint density at radius 3 is 2.40 bits per heavy atom. The molecule has 0 unspecified atom stereocenters. The molecule has 1 N–H and O–H groups in total. The topological polar surface area (TPSA) is 72.7 Å². The molecule has 0 aromatic carbocycles. The van der Waals surface area contributed by atoms with Crippen LogP contribution >= 0.6 is 0 Å². The van der Waals surface area contributed by atoms with Gasteiger partial charge in [0.2, 0.25) is 0 Å². The zero-order chi connectivity index (χ0) is 18.3. The van der Waals surface area contributed by atoms with Crippen molar-refractivity contribution in [2.45, 2.75) is 47.6 Å². The lowest BCUT2D eigenvalue weighted by atomic mass is 10.1. The van der Waals surface area contributed by atoms with Crippen LogP contribution < -0.4 is 5.32 Å². The van der Waals surface area contributed by atoms with Gasteiger partial charge in [0.05, 0.1) is 28.5 Å². The van der Waals surface area contributed by atoms with E-state index >= 15 is 0 Å². The van der Waals surface area contributed by atoms with Crippen LogP contribution in [0.15, 0.2) is 18.3 Å². The van der Waals surface area contributed by atoms with Gasteiger partial charge in [0.15, 0.2) is 5.65 Å². The number of nitrogens with one attached hydrogen (secondary N) is 1. The van der Waals surface area contributed by atoms with Crippen LogP contribution in [0.25, 0.3) is 11.0 Å². The highest BCUT2D eigenvalue weighted by Crippen LogP contribution is 2.24. The van der Waals surface area contributed by atoms with Crippen LogP contribution in [-0.2, 0) is 0 Å². The van der Waals surface area contributed by atoms with E-state index in [4.69, 9.17) is 0 Å². The predicted molar refractivity (Wildman–Crippen MR) is 99.1 cm³/mol. The third-order valence-corrected chi connectivity index (χ3v) is 4.19. The van der Waals surface area contributed by atoms with Crippen LogP contribution in [0, 0.1) is 27.7 Å². The Morgan fingerprint density at radius 1 is 1.08 bits per heavy atom. The van der Waals surface area contributed by atoms with Crippen molar-refractivity contribution in [1.82, 2.24) is 19.7 Å². The van der Waals surface area contributed by atoms with E-state index in [1.54, 1.807) is 12.3 Å². The number of hydrogen-bond donors (Lipinski definition) is 1. The number of nitrogens with zero attached hydrogens (tertiary/aromatic N) is 4. The zero-order valence-corrected chi connectivity index (χ0v) is 15.5. The number of anilines is 1. The number of pyridine rings is 2. The molecule has 3 heterocycles. The fraction of sp³-hybridized carbons (Fsp3) is 0.368. The fourth-order valence-electron chi connectivity index (χ4n) is 3.10. The summed E-state index contributed by atoms with van der Waals surface area (Å²) >= 11 is 0. The van der Waals surface area contributed by atoms with Gasteiger partial charge in [0, 0.05) is 17.4 Å². The minimum Gasteiger partial charge on any atom is -0.320 e. The van der Waals surface area contributed by atoms with E-state index in [2.05, 4.69) is 20.4 Å². The predicted octanol–water partition coefficient (Wildman–Crippen LogP) is 3.89. The highest BCUT2D eigenvalue weighted by molar-refractivity contribution is 6.12. The van der Waals surface area contributed by atoms with Crippen molar-refractivity contribution >= 4 is 22.6 Å². The molecule has 0 aliphatic rings. The van der Waals surface area contributed by atoms with Gasteiger partial charge in [0.1, 0.15) is 0 Å². The summed E-state index contributed by atoms with van der Waals surface area (Å²) in [5, 5.41) is 8.16. The van der Waals surface area contributed by atoms with E-state index in [0.29, 0.717) is 5.56 Å². The van der Waals surface area contributed by atoms with Crippen LogP contribution in [0.5, 0.6) is 0 Å². The molecule has 0 fully saturated rings. The van der Waals surface area contributed by atoms with Gasteiger partial charge in [-0.2, -0.15) is 5.10 Å². The van der Waals surface area contributed by atoms with Gasteiger partial charge in [-0.05, 0) is 59.2 Å². The van der Waals surface area contributed by atoms with Crippen molar-refractivity contribution < 1.29 is 4.79 Å². The highest BCUT2D eigenvalue weighted by atomic mass is 16.1. The summed E-state index contributed by atoms with van der Waals surface area (Å²) in [5.41, 5.74) is 5.60. The molecule has 0 atom stereocenters. The number of aromatic nitrogens is 4. The molecule has 3 aromatic heterocycles. The first-order valence-corrected chi connectivity index (χ1v) is 8.39. The van der Waals surface area contributed by atoms with Crippen molar-refractivity contribution in [3.8, 4) is 0 Å². The number of fused-ring (bicyclic) bond motifs is 1. The Kier molecular flexibility index (Phi) is 4.29. The molecule has 1 amide bonds. The van der Waals surface area contributed by atoms with Crippen LogP contribution in [0.2, 0.25) is 0 Å². The lowest BCUT2D eigenvalue weighted by molar-refractivity contribution is 0.102. The summed E-state index contributed by atoms with van der Waals surface area (Å²) in [6.07, 6.45) is 1.71. The lowest BCUT2D eigenvalue weighted by Gasteiger charge is -2.13. The van der Waals surface area contributed by atoms with Crippen molar-refractivity contribution in [2.75, 3.05) is 5.32 Å². The van der Waals surface area contributed by atoms with E-state index in [9.17, 15) is 4.79 Å². The van der Waals surface area contributed by atoms with E-state index < -0.39 is 0 Å². The van der Waals surface area contributed by atoms with E-state index in [1.165, 1.54) is 0 Å². The quantitative estimate of drug-likeness (QED) is 0.787. The number of hydrogen-bond acceptors (Lipinski definition) is 4. The van der Waals surface area contributed by atoms with Gasteiger partial charge in [-0.25, -0.2) is 9.67 Å². The summed E-state index contributed by atoms with van der Waals surface area (Å²) in [7, 11) is 0. The van der Waals surface area contributed by atoms with Gasteiger partial charge in [-0.15, -0.1) is 0 Å². The maximum absolute atomic E-state index is 12.9. The third kappa shape index (κ3) is 3.12. The second-order valence-electron chi connectivity index (χ2n) is 6.73. The number of carbonyl (C=O) groups is 1. The fourth-order valence-corrected chi connectivity index (χ4v) is 3.10. The maximum Gasteiger partial charge on any atom is 0.256 e. The first-order chi connectivity index (χ1) is 11.8. The summed E-state index contributed by atoms with van der Waals surface area (Å²) in [5.74, 6) is -0.171. The van der Waals surface area contributed by atoms with Crippen molar-refractivity contribution in [2.24, 2.45) is 0 Å². The van der Waals surface area contributed by atoms with Gasteiger partial charge in [-0.3, -0.25) is 9.78 Å². The number of carbonyl (C=O) groups excluding carboxylic acids is 1. The standard InChI is InChI=1S/C19H23N5O/c1-10(2)24-18-16(9-20-24)15(8-13(5)22-18)19(25)23-17-11(3)7-12(4)21-14(17)6/h7-10H,1-6H3,(H,23,25). The Labute approximate surface area is 147 Å². The average molecular weight is 337 g/mol. The monoisotopic (exact) mass is 337 g/mol. The highest BCUT2D eigenvalue weighted by Gasteiger charge is 2.18. The average Bonchev–Trinajstić information content (AvgIpc) is 2.93. The summed E-state index contributed by atoms with van der Waals surface area (Å²) < 4.78 is 1.84. The molecule has 3 rings (SSSR count). The second kappa shape index (κ2) is 6.27. The van der Waals surface area contributed by atoms with Crippen molar-refractivity contribution in [1.29, 1.82) is 0 Å². The lowest BCUT2D eigenvalue weighted by Crippen LogP contribution is -2.16. The molecule has 3 aromatic rings. The zero-order valence-electron chi connectivity index (χ0n) is 15.5. The molecule has 0 saturated heterocycles. The Bertz CT molecular complexity index is 948. The molecule has 0 aliphatic carbocycles. The molecule has 0 aliphatic heterocycles. The van der Waals surface area contributed by atoms with E-state index in [1.807, 2.05) is 52.3 Å². The first-order valence-electron chi connectivity index (χ1n) is 8.39. The molecule has 0 bridgehead atoms. The van der Waals surface area contributed by atoms with Gasteiger partial charge in [-0.1, -0.05) is 0 Å². The Balaban J connectivity index is 2.06. The smallest absolute Gasteiger partial charge is 0.256 e. The normalized spacial score (nSPS) is 11.3. The molecule has 6 heteroatoms.